The van der Waals surface area contributed by atoms with E-state index in [-0.39, 0.29) is 54.8 Å². The number of alkyl halides is 1. The number of amides is 2. The third-order valence-corrected chi connectivity index (χ3v) is 7.22. The van der Waals surface area contributed by atoms with Crippen molar-refractivity contribution in [3.05, 3.63) is 36.4 Å². The minimum Gasteiger partial charge on any atom is -0.394 e. The van der Waals surface area contributed by atoms with Crippen LogP contribution in [0.3, 0.4) is 0 Å². The molecule has 9 nitrogen and oxygen atoms in total. The zero-order valence-corrected chi connectivity index (χ0v) is 18.2. The highest BCUT2D eigenvalue weighted by molar-refractivity contribution is 6.21. The first-order chi connectivity index (χ1) is 15.5. The van der Waals surface area contributed by atoms with E-state index in [0.29, 0.717) is 18.8 Å². The number of benzene rings is 1. The van der Waals surface area contributed by atoms with E-state index in [2.05, 4.69) is 20.9 Å². The molecule has 10 heteroatoms. The fourth-order valence-electron chi connectivity index (χ4n) is 4.97. The van der Waals surface area contributed by atoms with Gasteiger partial charge < -0.3 is 20.5 Å². The van der Waals surface area contributed by atoms with Crippen LogP contribution in [-0.2, 0) is 14.3 Å². The highest BCUT2D eigenvalue weighted by Crippen LogP contribution is 2.36. The Morgan fingerprint density at radius 2 is 2.12 bits per heavy atom. The molecular weight excluding hydrogens is 434 g/mol. The lowest BCUT2D eigenvalue weighted by atomic mass is 9.80. The Labute approximate surface area is 190 Å². The SMILES string of the molecule is O=C(COC1CCC2NC3NC(=O)C(CO)N3CC2C1Cl)Nc1ccc2ccccc2n1. The van der Waals surface area contributed by atoms with Gasteiger partial charge in [-0.1, -0.05) is 18.2 Å². The van der Waals surface area contributed by atoms with E-state index in [4.69, 9.17) is 16.3 Å². The van der Waals surface area contributed by atoms with Gasteiger partial charge in [0.25, 0.3) is 5.91 Å². The van der Waals surface area contributed by atoms with E-state index in [1.807, 2.05) is 35.2 Å². The van der Waals surface area contributed by atoms with Crippen molar-refractivity contribution in [2.45, 2.75) is 42.7 Å². The summed E-state index contributed by atoms with van der Waals surface area (Å²) >= 11 is 6.78. The van der Waals surface area contributed by atoms with Crippen LogP contribution in [-0.4, -0.2) is 76.4 Å². The molecule has 5 rings (SSSR count). The zero-order valence-electron chi connectivity index (χ0n) is 17.4. The molecule has 2 aliphatic heterocycles. The van der Waals surface area contributed by atoms with Gasteiger partial charge in [0, 0.05) is 23.9 Å². The van der Waals surface area contributed by atoms with Crippen LogP contribution >= 0.6 is 11.6 Å². The van der Waals surface area contributed by atoms with Gasteiger partial charge in [-0.15, -0.1) is 11.6 Å². The zero-order chi connectivity index (χ0) is 22.2. The van der Waals surface area contributed by atoms with Crippen LogP contribution in [0.25, 0.3) is 10.9 Å². The molecule has 0 bridgehead atoms. The molecule has 4 N–H and O–H groups in total. The normalized spacial score (nSPS) is 32.2. The smallest absolute Gasteiger partial charge is 0.251 e. The number of carbonyl (C=O) groups is 2. The van der Waals surface area contributed by atoms with Gasteiger partial charge in [-0.05, 0) is 31.0 Å². The van der Waals surface area contributed by atoms with Gasteiger partial charge in [-0.25, -0.2) is 4.98 Å². The largest absolute Gasteiger partial charge is 0.394 e. The summed E-state index contributed by atoms with van der Waals surface area (Å²) in [6.07, 6.45) is 0.998. The number of nitrogens with zero attached hydrogens (tertiary/aromatic N) is 2. The number of rotatable bonds is 5. The van der Waals surface area contributed by atoms with E-state index >= 15 is 0 Å². The quantitative estimate of drug-likeness (QED) is 0.484. The highest BCUT2D eigenvalue weighted by atomic mass is 35.5. The minimum atomic E-state index is -0.571. The number of hydrogen-bond acceptors (Lipinski definition) is 7. The first kappa shape index (κ1) is 21.5. The van der Waals surface area contributed by atoms with E-state index in [9.17, 15) is 14.7 Å². The number of pyridine rings is 1. The van der Waals surface area contributed by atoms with Gasteiger partial charge in [-0.2, -0.15) is 0 Å². The topological polar surface area (TPSA) is 116 Å². The van der Waals surface area contributed by atoms with Crippen molar-refractivity contribution in [3.63, 3.8) is 0 Å². The molecule has 1 aliphatic carbocycles. The number of para-hydroxylation sites is 1. The first-order valence-electron chi connectivity index (χ1n) is 10.9. The van der Waals surface area contributed by atoms with Gasteiger partial charge >= 0.3 is 0 Å². The van der Waals surface area contributed by atoms with Crippen LogP contribution in [0.1, 0.15) is 12.8 Å². The summed E-state index contributed by atoms with van der Waals surface area (Å²) in [7, 11) is 0. The molecule has 170 valence electrons. The summed E-state index contributed by atoms with van der Waals surface area (Å²) in [5, 5.41) is 19.3. The summed E-state index contributed by atoms with van der Waals surface area (Å²) in [5.41, 5.74) is 0.810. The monoisotopic (exact) mass is 459 g/mol. The number of nitrogens with one attached hydrogen (secondary N) is 3. The first-order valence-corrected chi connectivity index (χ1v) is 11.3. The lowest BCUT2D eigenvalue weighted by Crippen LogP contribution is -2.66. The Hall–Kier alpha value is -2.30. The van der Waals surface area contributed by atoms with Crippen LogP contribution < -0.4 is 16.0 Å². The average Bonchev–Trinajstić information content (AvgIpc) is 3.11. The van der Waals surface area contributed by atoms with E-state index < -0.39 is 6.04 Å². The molecule has 2 saturated heterocycles. The summed E-state index contributed by atoms with van der Waals surface area (Å²) in [5.74, 6) is 0.0580. The molecule has 2 aromatic rings. The molecule has 3 fully saturated rings. The van der Waals surface area contributed by atoms with Crippen molar-refractivity contribution in [2.75, 3.05) is 25.1 Å². The molecule has 3 aliphatic rings. The number of aromatic nitrogens is 1. The Morgan fingerprint density at radius 1 is 1.28 bits per heavy atom. The highest BCUT2D eigenvalue weighted by Gasteiger charge is 2.50. The molecule has 3 heterocycles. The average molecular weight is 460 g/mol. The Balaban J connectivity index is 1.17. The van der Waals surface area contributed by atoms with Gasteiger partial charge in [-0.3, -0.25) is 19.8 Å². The second-order valence-electron chi connectivity index (χ2n) is 8.55. The molecule has 1 aromatic heterocycles. The molecule has 1 aromatic carbocycles. The van der Waals surface area contributed by atoms with Crippen LogP contribution in [0.2, 0.25) is 0 Å². The van der Waals surface area contributed by atoms with Gasteiger partial charge in [0.15, 0.2) is 0 Å². The number of carbonyl (C=O) groups excluding carboxylic acids is 2. The lowest BCUT2D eigenvalue weighted by molar-refractivity contribution is -0.125. The molecular formula is C22H26ClN5O4. The fraction of sp³-hybridized carbons (Fsp3) is 0.500. The van der Waals surface area contributed by atoms with Crippen LogP contribution in [0.15, 0.2) is 36.4 Å². The second kappa shape index (κ2) is 8.92. The van der Waals surface area contributed by atoms with Crippen LogP contribution in [0.5, 0.6) is 0 Å². The molecule has 1 saturated carbocycles. The van der Waals surface area contributed by atoms with Gasteiger partial charge in [0.2, 0.25) is 5.91 Å². The number of aliphatic hydroxyl groups is 1. The number of halogens is 1. The number of ether oxygens (including phenoxy) is 1. The van der Waals surface area contributed by atoms with Crippen molar-refractivity contribution in [1.29, 1.82) is 0 Å². The summed E-state index contributed by atoms with van der Waals surface area (Å²) in [6, 6.07) is 11.0. The summed E-state index contributed by atoms with van der Waals surface area (Å²) in [4.78, 5) is 30.9. The minimum absolute atomic E-state index is 0.0404. The van der Waals surface area contributed by atoms with Gasteiger partial charge in [0.05, 0.1) is 23.6 Å². The maximum atomic E-state index is 12.4. The van der Waals surface area contributed by atoms with Crippen molar-refractivity contribution in [1.82, 2.24) is 20.5 Å². The molecule has 0 radical (unpaired) electrons. The molecule has 0 spiro atoms. The maximum Gasteiger partial charge on any atom is 0.251 e. The Morgan fingerprint density at radius 3 is 2.97 bits per heavy atom. The van der Waals surface area contributed by atoms with Crippen LogP contribution in [0, 0.1) is 5.92 Å². The van der Waals surface area contributed by atoms with Crippen molar-refractivity contribution in [3.8, 4) is 0 Å². The van der Waals surface area contributed by atoms with E-state index in [0.717, 1.165) is 17.3 Å². The fourth-order valence-corrected chi connectivity index (χ4v) is 5.42. The Kier molecular flexibility index (Phi) is 6.00. The molecule has 6 unspecified atom stereocenters. The van der Waals surface area contributed by atoms with Crippen molar-refractivity contribution >= 4 is 40.1 Å². The third kappa shape index (κ3) is 4.06. The number of hydrogen-bond donors (Lipinski definition) is 4. The Bertz CT molecular complexity index is 1020. The summed E-state index contributed by atoms with van der Waals surface area (Å²) in [6.45, 7) is 0.226. The maximum absolute atomic E-state index is 12.4. The van der Waals surface area contributed by atoms with Crippen molar-refractivity contribution in [2.24, 2.45) is 5.92 Å². The van der Waals surface area contributed by atoms with Crippen molar-refractivity contribution < 1.29 is 19.4 Å². The predicted octanol–water partition coefficient (Wildman–Crippen LogP) is 0.624. The number of aliphatic hydroxyl groups excluding tert-OH is 1. The van der Waals surface area contributed by atoms with E-state index in [1.54, 1.807) is 6.07 Å². The second-order valence-corrected chi connectivity index (χ2v) is 9.06. The molecule has 32 heavy (non-hydrogen) atoms. The lowest BCUT2D eigenvalue weighted by Gasteiger charge is -2.48. The van der Waals surface area contributed by atoms with Gasteiger partial charge in [0.1, 0.15) is 24.8 Å². The van der Waals surface area contributed by atoms with E-state index in [1.165, 1.54) is 0 Å². The molecule has 2 amide bonds. The third-order valence-electron chi connectivity index (χ3n) is 6.62. The number of anilines is 1. The van der Waals surface area contributed by atoms with Crippen LogP contribution in [0.4, 0.5) is 5.82 Å². The number of fused-ring (bicyclic) bond motifs is 3. The standard InChI is InChI=1S/C22H26ClN5O4/c23-20-13-9-28-16(10-29)21(31)27-22(28)25-15(13)6-7-17(20)32-11-19(30)26-18-8-5-12-3-1-2-4-14(12)24-18/h1-5,8,13,15-17,20,22,25,29H,6-7,9-11H2,(H,27,31)(H,24,26,30). The molecule has 6 atom stereocenters. The summed E-state index contributed by atoms with van der Waals surface area (Å²) < 4.78 is 5.90. The predicted molar refractivity (Wildman–Crippen MR) is 119 cm³/mol.